The third kappa shape index (κ3) is 4.19. The number of carboxylic acid groups (broad SMARTS) is 1. The quantitative estimate of drug-likeness (QED) is 0.548. The molecule has 0 saturated carbocycles. The number of rotatable bonds is 5. The summed E-state index contributed by atoms with van der Waals surface area (Å²) in [5.41, 5.74) is 0.184. The molecule has 0 heterocycles. The number of benzene rings is 3. The Hall–Kier alpha value is -3.93. The van der Waals surface area contributed by atoms with Gasteiger partial charge in [-0.3, -0.25) is 0 Å². The first-order valence-corrected chi connectivity index (χ1v) is 7.97. The van der Waals surface area contributed by atoms with Crippen molar-refractivity contribution < 1.29 is 29.0 Å². The number of aromatic carboxylic acids is 1. The molecule has 0 spiro atoms. The molecular formula is C21H14O6. The maximum Gasteiger partial charge on any atom is 0.347 e. The zero-order chi connectivity index (χ0) is 19.2. The first-order chi connectivity index (χ1) is 13.1. The van der Waals surface area contributed by atoms with Gasteiger partial charge in [0, 0.05) is 0 Å². The summed E-state index contributed by atoms with van der Waals surface area (Å²) in [5.74, 6) is -2.76. The molecule has 6 heteroatoms. The molecule has 0 aliphatic rings. The van der Waals surface area contributed by atoms with E-state index < -0.39 is 17.9 Å². The fourth-order valence-corrected chi connectivity index (χ4v) is 2.34. The summed E-state index contributed by atoms with van der Waals surface area (Å²) in [6, 6.07) is 20.2. The van der Waals surface area contributed by atoms with Crippen LogP contribution >= 0.6 is 0 Å². The van der Waals surface area contributed by atoms with Gasteiger partial charge in [-0.25, -0.2) is 14.4 Å². The van der Waals surface area contributed by atoms with Crippen molar-refractivity contribution in [3.05, 3.63) is 95.6 Å². The first kappa shape index (κ1) is 17.9. The van der Waals surface area contributed by atoms with Crippen LogP contribution in [0.5, 0.6) is 11.5 Å². The summed E-state index contributed by atoms with van der Waals surface area (Å²) in [7, 11) is 0. The zero-order valence-corrected chi connectivity index (χ0v) is 14.0. The van der Waals surface area contributed by atoms with E-state index in [0.717, 1.165) is 0 Å². The second-order valence-corrected chi connectivity index (χ2v) is 5.44. The normalized spacial score (nSPS) is 10.1. The molecule has 1 N–H and O–H groups in total. The molecule has 6 nitrogen and oxygen atoms in total. The Balaban J connectivity index is 1.85. The van der Waals surface area contributed by atoms with E-state index in [0.29, 0.717) is 5.56 Å². The van der Waals surface area contributed by atoms with Crippen LogP contribution in [0.2, 0.25) is 0 Å². The number of carbonyl (C=O) groups excluding carboxylic acids is 2. The van der Waals surface area contributed by atoms with Gasteiger partial charge in [-0.05, 0) is 36.4 Å². The second-order valence-electron chi connectivity index (χ2n) is 5.44. The van der Waals surface area contributed by atoms with Gasteiger partial charge in [0.15, 0.2) is 0 Å². The molecular weight excluding hydrogens is 348 g/mol. The SMILES string of the molecule is O=C(Oc1ccccc1C(=O)Oc1ccccc1C(=O)O)c1ccccc1. The van der Waals surface area contributed by atoms with E-state index in [1.807, 2.05) is 0 Å². The van der Waals surface area contributed by atoms with Crippen molar-refractivity contribution in [1.82, 2.24) is 0 Å². The van der Waals surface area contributed by atoms with Crippen LogP contribution in [0.1, 0.15) is 31.1 Å². The highest BCUT2D eigenvalue weighted by atomic mass is 16.6. The monoisotopic (exact) mass is 362 g/mol. The molecule has 0 aliphatic heterocycles. The average Bonchev–Trinajstić information content (AvgIpc) is 2.69. The van der Waals surface area contributed by atoms with Gasteiger partial charge in [-0.1, -0.05) is 42.5 Å². The summed E-state index contributed by atoms with van der Waals surface area (Å²) in [6.45, 7) is 0. The van der Waals surface area contributed by atoms with Gasteiger partial charge in [0.2, 0.25) is 0 Å². The van der Waals surface area contributed by atoms with Gasteiger partial charge in [-0.2, -0.15) is 0 Å². The average molecular weight is 362 g/mol. The summed E-state index contributed by atoms with van der Waals surface area (Å²) in [4.78, 5) is 36.0. The molecule has 0 bridgehead atoms. The van der Waals surface area contributed by atoms with E-state index >= 15 is 0 Å². The molecule has 0 unspecified atom stereocenters. The van der Waals surface area contributed by atoms with Gasteiger partial charge >= 0.3 is 17.9 Å². The molecule has 0 fully saturated rings. The third-order valence-corrected chi connectivity index (χ3v) is 3.64. The predicted octanol–water partition coefficient (Wildman–Crippen LogP) is 3.82. The number of hydrogen-bond acceptors (Lipinski definition) is 5. The molecule has 0 radical (unpaired) electrons. The molecule has 0 aromatic heterocycles. The number of carbonyl (C=O) groups is 3. The number of esters is 2. The maximum atomic E-state index is 12.5. The smallest absolute Gasteiger partial charge is 0.347 e. The fourth-order valence-electron chi connectivity index (χ4n) is 2.34. The third-order valence-electron chi connectivity index (χ3n) is 3.64. The minimum Gasteiger partial charge on any atom is -0.478 e. The molecule has 0 saturated heterocycles. The van der Waals surface area contributed by atoms with Crippen LogP contribution in [-0.4, -0.2) is 23.0 Å². The minimum absolute atomic E-state index is 0.00183. The summed E-state index contributed by atoms with van der Waals surface area (Å²) < 4.78 is 10.5. The van der Waals surface area contributed by atoms with Gasteiger partial charge in [0.05, 0.1) is 5.56 Å². The van der Waals surface area contributed by atoms with Crippen LogP contribution < -0.4 is 9.47 Å². The van der Waals surface area contributed by atoms with Crippen molar-refractivity contribution in [2.24, 2.45) is 0 Å². The molecule has 3 aromatic carbocycles. The number of para-hydroxylation sites is 2. The van der Waals surface area contributed by atoms with Crippen molar-refractivity contribution in [3.8, 4) is 11.5 Å². The predicted molar refractivity (Wildman–Crippen MR) is 96.2 cm³/mol. The Morgan fingerprint density at radius 3 is 1.70 bits per heavy atom. The van der Waals surface area contributed by atoms with Crippen molar-refractivity contribution in [2.75, 3.05) is 0 Å². The highest BCUT2D eigenvalue weighted by Crippen LogP contribution is 2.24. The largest absolute Gasteiger partial charge is 0.478 e. The van der Waals surface area contributed by atoms with Crippen molar-refractivity contribution in [1.29, 1.82) is 0 Å². The lowest BCUT2D eigenvalue weighted by Gasteiger charge is -2.11. The molecule has 3 rings (SSSR count). The van der Waals surface area contributed by atoms with Gasteiger partial charge in [0.1, 0.15) is 22.6 Å². The number of hydrogen-bond donors (Lipinski definition) is 1. The van der Waals surface area contributed by atoms with Crippen LogP contribution in [0.25, 0.3) is 0 Å². The molecule has 0 atom stereocenters. The van der Waals surface area contributed by atoms with E-state index in [9.17, 15) is 19.5 Å². The van der Waals surface area contributed by atoms with Gasteiger partial charge in [-0.15, -0.1) is 0 Å². The van der Waals surface area contributed by atoms with E-state index in [-0.39, 0.29) is 22.6 Å². The summed E-state index contributed by atoms with van der Waals surface area (Å²) in [5, 5.41) is 9.19. The molecule has 134 valence electrons. The highest BCUT2D eigenvalue weighted by molar-refractivity contribution is 5.98. The van der Waals surface area contributed by atoms with Crippen LogP contribution in [0, 0.1) is 0 Å². The zero-order valence-electron chi connectivity index (χ0n) is 14.0. The lowest BCUT2D eigenvalue weighted by Crippen LogP contribution is -2.15. The fraction of sp³-hybridized carbons (Fsp3) is 0. The standard InChI is InChI=1S/C21H14O6/c22-19(23)15-10-4-6-12-17(15)27-21(25)16-11-5-7-13-18(16)26-20(24)14-8-2-1-3-9-14/h1-13H,(H,22,23). The highest BCUT2D eigenvalue weighted by Gasteiger charge is 2.20. The Morgan fingerprint density at radius 2 is 1.07 bits per heavy atom. The van der Waals surface area contributed by atoms with E-state index in [4.69, 9.17) is 9.47 Å². The van der Waals surface area contributed by atoms with E-state index in [1.54, 1.807) is 48.5 Å². The van der Waals surface area contributed by atoms with Crippen LogP contribution in [0.3, 0.4) is 0 Å². The number of carboxylic acids is 1. The summed E-state index contributed by atoms with van der Waals surface area (Å²) >= 11 is 0. The lowest BCUT2D eigenvalue weighted by molar-refractivity contribution is 0.0681. The molecule has 27 heavy (non-hydrogen) atoms. The number of ether oxygens (including phenoxy) is 2. The Kier molecular flexibility index (Phi) is 5.28. The van der Waals surface area contributed by atoms with Gasteiger partial charge < -0.3 is 14.6 Å². The van der Waals surface area contributed by atoms with Crippen LogP contribution in [0.4, 0.5) is 0 Å². The maximum absolute atomic E-state index is 12.5. The Morgan fingerprint density at radius 1 is 0.593 bits per heavy atom. The van der Waals surface area contributed by atoms with E-state index in [1.165, 1.54) is 30.3 Å². The minimum atomic E-state index is -1.22. The van der Waals surface area contributed by atoms with Crippen LogP contribution in [0.15, 0.2) is 78.9 Å². The lowest BCUT2D eigenvalue weighted by atomic mass is 10.2. The van der Waals surface area contributed by atoms with E-state index in [2.05, 4.69) is 0 Å². The molecule has 0 aliphatic carbocycles. The first-order valence-electron chi connectivity index (χ1n) is 7.97. The Labute approximate surface area is 154 Å². The molecule has 0 amide bonds. The van der Waals surface area contributed by atoms with Crippen LogP contribution in [-0.2, 0) is 0 Å². The van der Waals surface area contributed by atoms with Crippen molar-refractivity contribution in [3.63, 3.8) is 0 Å². The second kappa shape index (κ2) is 7.97. The summed E-state index contributed by atoms with van der Waals surface area (Å²) in [6.07, 6.45) is 0. The van der Waals surface area contributed by atoms with Crippen molar-refractivity contribution in [2.45, 2.75) is 0 Å². The molecule has 3 aromatic rings. The topological polar surface area (TPSA) is 89.9 Å². The van der Waals surface area contributed by atoms with Gasteiger partial charge in [0.25, 0.3) is 0 Å². The van der Waals surface area contributed by atoms with Crippen molar-refractivity contribution >= 4 is 17.9 Å². The Bertz CT molecular complexity index is 994.